The maximum atomic E-state index is 8.76. The van der Waals surface area contributed by atoms with E-state index in [0.717, 1.165) is 5.56 Å². The van der Waals surface area contributed by atoms with Gasteiger partial charge < -0.3 is 4.74 Å². The van der Waals surface area contributed by atoms with Gasteiger partial charge in [-0.3, -0.25) is 0 Å². The van der Waals surface area contributed by atoms with Gasteiger partial charge in [0.1, 0.15) is 5.75 Å². The summed E-state index contributed by atoms with van der Waals surface area (Å²) in [4.78, 5) is 4.03. The van der Waals surface area contributed by atoms with Crippen LogP contribution in [0.4, 0.5) is 0 Å². The van der Waals surface area contributed by atoms with Crippen LogP contribution in [0.15, 0.2) is 36.5 Å². The van der Waals surface area contributed by atoms with Crippen molar-refractivity contribution in [2.24, 2.45) is 0 Å². The first-order valence-corrected chi connectivity index (χ1v) is 5.37. The van der Waals surface area contributed by atoms with Crippen molar-refractivity contribution in [3.05, 3.63) is 52.7 Å². The van der Waals surface area contributed by atoms with Crippen molar-refractivity contribution in [1.82, 2.24) is 4.98 Å². The Hall–Kier alpha value is -2.05. The minimum Gasteiger partial charge on any atom is -0.439 e. The molecule has 0 saturated heterocycles. The van der Waals surface area contributed by atoms with Crippen LogP contribution in [-0.2, 0) is 0 Å². The summed E-state index contributed by atoms with van der Waals surface area (Å²) in [5, 5.41) is 9.45. The third-order valence-corrected chi connectivity index (χ3v) is 2.64. The molecular weight excluding hydrogens is 236 g/mol. The van der Waals surface area contributed by atoms with E-state index >= 15 is 0 Å². The predicted octanol–water partition coefficient (Wildman–Crippen LogP) is 3.71. The summed E-state index contributed by atoms with van der Waals surface area (Å²) in [7, 11) is 0. The van der Waals surface area contributed by atoms with Crippen molar-refractivity contribution >= 4 is 11.6 Å². The number of nitriles is 1. The highest BCUT2D eigenvalue weighted by atomic mass is 35.5. The highest BCUT2D eigenvalue weighted by Crippen LogP contribution is 2.24. The van der Waals surface area contributed by atoms with E-state index < -0.39 is 0 Å². The summed E-state index contributed by atoms with van der Waals surface area (Å²) in [6.07, 6.45) is 1.54. The molecule has 17 heavy (non-hydrogen) atoms. The Labute approximate surface area is 104 Å². The Bertz CT molecular complexity index is 590. The molecule has 3 nitrogen and oxygen atoms in total. The van der Waals surface area contributed by atoms with Gasteiger partial charge in [-0.25, -0.2) is 4.98 Å². The fourth-order valence-corrected chi connectivity index (χ4v) is 1.45. The van der Waals surface area contributed by atoms with Gasteiger partial charge >= 0.3 is 0 Å². The van der Waals surface area contributed by atoms with Crippen LogP contribution >= 0.6 is 11.6 Å². The number of rotatable bonds is 2. The van der Waals surface area contributed by atoms with E-state index in [0.29, 0.717) is 22.2 Å². The molecule has 0 fully saturated rings. The molecule has 0 unspecified atom stereocenters. The second kappa shape index (κ2) is 4.86. The van der Waals surface area contributed by atoms with E-state index in [-0.39, 0.29) is 0 Å². The number of nitrogens with zero attached hydrogens (tertiary/aromatic N) is 2. The molecule has 84 valence electrons. The van der Waals surface area contributed by atoms with Crippen molar-refractivity contribution in [2.45, 2.75) is 6.92 Å². The number of hydrogen-bond acceptors (Lipinski definition) is 3. The fourth-order valence-electron chi connectivity index (χ4n) is 1.34. The van der Waals surface area contributed by atoms with Crippen LogP contribution in [0.2, 0.25) is 5.02 Å². The van der Waals surface area contributed by atoms with Gasteiger partial charge in [0.15, 0.2) is 0 Å². The molecule has 0 radical (unpaired) electrons. The zero-order valence-corrected chi connectivity index (χ0v) is 9.90. The lowest BCUT2D eigenvalue weighted by molar-refractivity contribution is 0.462. The van der Waals surface area contributed by atoms with Crippen molar-refractivity contribution in [3.8, 4) is 17.7 Å². The average Bonchev–Trinajstić information content (AvgIpc) is 2.34. The van der Waals surface area contributed by atoms with Gasteiger partial charge in [0, 0.05) is 17.3 Å². The van der Waals surface area contributed by atoms with Gasteiger partial charge in [-0.1, -0.05) is 11.6 Å². The van der Waals surface area contributed by atoms with Crippen LogP contribution in [0.5, 0.6) is 11.6 Å². The molecule has 0 saturated carbocycles. The first-order chi connectivity index (χ1) is 8.19. The molecule has 1 heterocycles. The minimum absolute atomic E-state index is 0.394. The third kappa shape index (κ3) is 2.74. The van der Waals surface area contributed by atoms with Gasteiger partial charge in [0.2, 0.25) is 5.88 Å². The maximum absolute atomic E-state index is 8.76. The zero-order chi connectivity index (χ0) is 12.3. The molecule has 2 aromatic rings. The Morgan fingerprint density at radius 2 is 2.12 bits per heavy atom. The number of aryl methyl sites for hydroxylation is 1. The Morgan fingerprint density at radius 3 is 2.82 bits per heavy atom. The number of aromatic nitrogens is 1. The second-order valence-electron chi connectivity index (χ2n) is 3.51. The molecule has 0 bridgehead atoms. The maximum Gasteiger partial charge on any atom is 0.220 e. The molecule has 1 aromatic heterocycles. The molecule has 1 aromatic carbocycles. The van der Waals surface area contributed by atoms with Crippen LogP contribution in [-0.4, -0.2) is 4.98 Å². The minimum atomic E-state index is 0.394. The van der Waals surface area contributed by atoms with Crippen molar-refractivity contribution in [3.63, 3.8) is 0 Å². The highest BCUT2D eigenvalue weighted by molar-refractivity contribution is 6.31. The van der Waals surface area contributed by atoms with E-state index in [1.54, 1.807) is 24.3 Å². The number of pyridine rings is 1. The summed E-state index contributed by atoms with van der Waals surface area (Å²) in [6.45, 7) is 1.90. The van der Waals surface area contributed by atoms with Gasteiger partial charge in [0.05, 0.1) is 11.6 Å². The van der Waals surface area contributed by atoms with E-state index in [9.17, 15) is 0 Å². The van der Waals surface area contributed by atoms with E-state index in [1.165, 1.54) is 6.20 Å². The molecule has 0 amide bonds. The zero-order valence-electron chi connectivity index (χ0n) is 9.14. The molecule has 2 rings (SSSR count). The monoisotopic (exact) mass is 244 g/mol. The van der Waals surface area contributed by atoms with Crippen molar-refractivity contribution in [1.29, 1.82) is 5.26 Å². The normalized spacial score (nSPS) is 9.71. The third-order valence-electron chi connectivity index (χ3n) is 2.22. The number of benzene rings is 1. The van der Waals surface area contributed by atoms with Crippen molar-refractivity contribution in [2.75, 3.05) is 0 Å². The largest absolute Gasteiger partial charge is 0.439 e. The van der Waals surface area contributed by atoms with Crippen molar-refractivity contribution < 1.29 is 4.74 Å². The first kappa shape index (κ1) is 11.4. The lowest BCUT2D eigenvalue weighted by Crippen LogP contribution is -1.89. The molecule has 0 spiro atoms. The van der Waals surface area contributed by atoms with Crippen LogP contribution in [0.1, 0.15) is 11.1 Å². The lowest BCUT2D eigenvalue weighted by Gasteiger charge is -2.06. The first-order valence-electron chi connectivity index (χ1n) is 4.99. The lowest BCUT2D eigenvalue weighted by atomic mass is 10.2. The second-order valence-corrected chi connectivity index (χ2v) is 3.91. The summed E-state index contributed by atoms with van der Waals surface area (Å²) in [5.41, 5.74) is 1.45. The van der Waals surface area contributed by atoms with Gasteiger partial charge in [-0.15, -0.1) is 0 Å². The van der Waals surface area contributed by atoms with Crippen LogP contribution in [0, 0.1) is 18.3 Å². The van der Waals surface area contributed by atoms with E-state index in [2.05, 4.69) is 4.98 Å². The summed E-state index contributed by atoms with van der Waals surface area (Å²) < 4.78 is 5.54. The van der Waals surface area contributed by atoms with E-state index in [4.69, 9.17) is 21.6 Å². The molecule has 4 heteroatoms. The van der Waals surface area contributed by atoms with Gasteiger partial charge in [0.25, 0.3) is 0 Å². The molecule has 0 aliphatic heterocycles. The molecule has 0 aliphatic rings. The summed E-state index contributed by atoms with van der Waals surface area (Å²) in [6, 6.07) is 10.6. The SMILES string of the molecule is Cc1cc(Oc2cc(C#N)ccn2)ccc1Cl. The molecule has 0 N–H and O–H groups in total. The topological polar surface area (TPSA) is 45.9 Å². The predicted molar refractivity (Wildman–Crippen MR) is 65.2 cm³/mol. The Balaban J connectivity index is 2.25. The number of hydrogen-bond donors (Lipinski definition) is 0. The quantitative estimate of drug-likeness (QED) is 0.809. The van der Waals surface area contributed by atoms with Crippen LogP contribution in [0.25, 0.3) is 0 Å². The summed E-state index contributed by atoms with van der Waals surface area (Å²) in [5.74, 6) is 1.04. The molecular formula is C13H9ClN2O. The highest BCUT2D eigenvalue weighted by Gasteiger charge is 2.02. The van der Waals surface area contributed by atoms with E-state index in [1.807, 2.05) is 19.1 Å². The Kier molecular flexibility index (Phi) is 3.27. The number of halogens is 1. The number of ether oxygens (including phenoxy) is 1. The Morgan fingerprint density at radius 1 is 1.29 bits per heavy atom. The van der Waals surface area contributed by atoms with Gasteiger partial charge in [-0.2, -0.15) is 5.26 Å². The standard InChI is InChI=1S/C13H9ClN2O/c1-9-6-11(2-3-12(9)14)17-13-7-10(8-15)4-5-16-13/h2-7H,1H3. The molecule has 0 atom stereocenters. The fraction of sp³-hybridized carbons (Fsp3) is 0.0769. The smallest absolute Gasteiger partial charge is 0.220 e. The average molecular weight is 245 g/mol. The van der Waals surface area contributed by atoms with Crippen LogP contribution < -0.4 is 4.74 Å². The van der Waals surface area contributed by atoms with Crippen LogP contribution in [0.3, 0.4) is 0 Å². The summed E-state index contributed by atoms with van der Waals surface area (Å²) >= 11 is 5.92. The van der Waals surface area contributed by atoms with Gasteiger partial charge in [-0.05, 0) is 36.8 Å². The molecule has 0 aliphatic carbocycles.